The second kappa shape index (κ2) is 15.8. The zero-order chi connectivity index (χ0) is 33.5. The third-order valence-corrected chi connectivity index (χ3v) is 9.54. The van der Waals surface area contributed by atoms with E-state index in [-0.39, 0.29) is 56.2 Å². The van der Waals surface area contributed by atoms with E-state index in [4.69, 9.17) is 49.0 Å². The van der Waals surface area contributed by atoms with Crippen LogP contribution in [-0.2, 0) is 26.2 Å². The van der Waals surface area contributed by atoms with E-state index in [1.54, 1.807) is 39.0 Å². The summed E-state index contributed by atoms with van der Waals surface area (Å²) in [7, 11) is -0.326. The lowest BCUT2D eigenvalue weighted by Crippen LogP contribution is -2.53. The topological polar surface area (TPSA) is 114 Å². The number of methoxy groups -OCH3 is 3. The van der Waals surface area contributed by atoms with Crippen LogP contribution in [0.3, 0.4) is 0 Å². The molecule has 10 nitrogen and oxygen atoms in total. The molecule has 0 spiro atoms. The van der Waals surface area contributed by atoms with Gasteiger partial charge >= 0.3 is 0 Å². The largest absolute Gasteiger partial charge is 0.495 e. The maximum absolute atomic E-state index is 14.4. The van der Waals surface area contributed by atoms with E-state index in [0.717, 1.165) is 4.31 Å². The molecule has 0 aliphatic rings. The average Bonchev–Trinajstić information content (AvgIpc) is 3.00. The first-order valence-corrected chi connectivity index (χ1v) is 16.5. The molecule has 0 aliphatic carbocycles. The fourth-order valence-corrected chi connectivity index (χ4v) is 6.75. The van der Waals surface area contributed by atoms with Crippen LogP contribution in [0.1, 0.15) is 32.8 Å². The molecule has 0 unspecified atom stereocenters. The van der Waals surface area contributed by atoms with E-state index < -0.39 is 34.4 Å². The zero-order valence-electron chi connectivity index (χ0n) is 25.8. The second-order valence-electron chi connectivity index (χ2n) is 10.2. The molecule has 0 bridgehead atoms. The highest BCUT2D eigenvalue weighted by Gasteiger charge is 2.36. The molecule has 3 rings (SSSR count). The monoisotopic (exact) mass is 699 g/mol. The van der Waals surface area contributed by atoms with Gasteiger partial charge in [0, 0.05) is 39.3 Å². The van der Waals surface area contributed by atoms with Crippen molar-refractivity contribution in [3.05, 3.63) is 75.2 Å². The van der Waals surface area contributed by atoms with Crippen molar-refractivity contribution in [3.8, 4) is 17.2 Å². The van der Waals surface area contributed by atoms with Gasteiger partial charge < -0.3 is 24.4 Å². The van der Waals surface area contributed by atoms with Crippen LogP contribution in [0.5, 0.6) is 17.2 Å². The second-order valence-corrected chi connectivity index (χ2v) is 13.3. The Morgan fingerprint density at radius 1 is 0.867 bits per heavy atom. The highest BCUT2D eigenvalue weighted by Crippen LogP contribution is 2.37. The Balaban J connectivity index is 2.22. The Bertz CT molecular complexity index is 1620. The van der Waals surface area contributed by atoms with Gasteiger partial charge in [0.05, 0.1) is 31.9 Å². The molecule has 244 valence electrons. The zero-order valence-corrected chi connectivity index (χ0v) is 28.9. The molecule has 0 fully saturated rings. The molecule has 45 heavy (non-hydrogen) atoms. The van der Waals surface area contributed by atoms with E-state index >= 15 is 0 Å². The van der Waals surface area contributed by atoms with Crippen molar-refractivity contribution < 1.29 is 32.2 Å². The maximum atomic E-state index is 14.4. The summed E-state index contributed by atoms with van der Waals surface area (Å²) in [5, 5.41) is 3.61. The number of sulfonamides is 1. The van der Waals surface area contributed by atoms with Crippen LogP contribution in [0.2, 0.25) is 15.1 Å². The van der Waals surface area contributed by atoms with E-state index in [1.165, 1.54) is 62.6 Å². The first-order valence-electron chi connectivity index (χ1n) is 13.9. The van der Waals surface area contributed by atoms with Crippen molar-refractivity contribution in [2.45, 2.75) is 50.7 Å². The Morgan fingerprint density at radius 3 is 2.02 bits per heavy atom. The third kappa shape index (κ3) is 8.46. The molecule has 0 saturated carbocycles. The Hall–Kier alpha value is -3.38. The summed E-state index contributed by atoms with van der Waals surface area (Å²) >= 11 is 19.3. The third-order valence-electron chi connectivity index (χ3n) is 6.84. The SMILES string of the molecule is CC[C@H](C(=O)NC(C)C)N(Cc1c(Cl)cccc1Cl)C(=O)CN(c1cc(Cl)ccc1OC)S(=O)(=O)c1ccc(OC)c(OC)c1. The molecule has 0 radical (unpaired) electrons. The molecular weight excluding hydrogens is 665 g/mol. The predicted octanol–water partition coefficient (Wildman–Crippen LogP) is 6.20. The molecule has 1 N–H and O–H groups in total. The molecule has 0 saturated heterocycles. The standard InChI is InChI=1S/C31H36Cl3N3O7S/c1-7-25(31(39)35-19(2)3)36(17-22-23(33)9-8-10-24(22)34)30(38)18-37(26-15-20(32)11-13-27(26)42-4)45(40,41)21-12-14-28(43-5)29(16-21)44-6/h8-16,19,25H,7,17-18H2,1-6H3,(H,35,39)/t25-/m1/s1. The van der Waals surface area contributed by atoms with E-state index in [1.807, 2.05) is 0 Å². The summed E-state index contributed by atoms with van der Waals surface area (Å²) in [6.45, 7) is 4.44. The average molecular weight is 701 g/mol. The lowest BCUT2D eigenvalue weighted by atomic mass is 10.1. The van der Waals surface area contributed by atoms with Gasteiger partial charge in [-0.3, -0.25) is 13.9 Å². The number of carbonyl (C=O) groups excluding carboxylic acids is 2. The van der Waals surface area contributed by atoms with Crippen molar-refractivity contribution >= 4 is 62.3 Å². The number of benzene rings is 3. The molecule has 3 aromatic rings. The smallest absolute Gasteiger partial charge is 0.265 e. The van der Waals surface area contributed by atoms with Crippen LogP contribution in [0.25, 0.3) is 0 Å². The van der Waals surface area contributed by atoms with Crippen LogP contribution in [0.15, 0.2) is 59.5 Å². The van der Waals surface area contributed by atoms with Crippen molar-refractivity contribution in [1.82, 2.24) is 10.2 Å². The number of ether oxygens (including phenoxy) is 3. The number of hydrogen-bond donors (Lipinski definition) is 1. The Morgan fingerprint density at radius 2 is 1.47 bits per heavy atom. The molecule has 0 aromatic heterocycles. The van der Waals surface area contributed by atoms with Gasteiger partial charge in [0.25, 0.3) is 10.0 Å². The highest BCUT2D eigenvalue weighted by atomic mass is 35.5. The number of nitrogens with zero attached hydrogens (tertiary/aromatic N) is 2. The summed E-state index contributed by atoms with van der Waals surface area (Å²) in [5.74, 6) is -0.513. The van der Waals surface area contributed by atoms with Gasteiger partial charge in [0.15, 0.2) is 11.5 Å². The molecule has 3 aromatic carbocycles. The molecule has 1 atom stereocenters. The summed E-state index contributed by atoms with van der Waals surface area (Å²) < 4.78 is 45.7. The number of hydrogen-bond acceptors (Lipinski definition) is 7. The summed E-state index contributed by atoms with van der Waals surface area (Å²) in [6.07, 6.45) is 0.218. The number of carbonyl (C=O) groups is 2. The number of amides is 2. The van der Waals surface area contributed by atoms with Crippen LogP contribution in [-0.4, -0.2) is 65.1 Å². The fourth-order valence-electron chi connectivity index (χ4n) is 4.63. The number of nitrogens with one attached hydrogen (secondary N) is 1. The molecule has 0 aliphatic heterocycles. The van der Waals surface area contributed by atoms with Crippen LogP contribution in [0.4, 0.5) is 5.69 Å². The predicted molar refractivity (Wildman–Crippen MR) is 176 cm³/mol. The van der Waals surface area contributed by atoms with Crippen LogP contribution in [0, 0.1) is 0 Å². The Labute approximate surface area is 279 Å². The summed E-state index contributed by atoms with van der Waals surface area (Å²) in [4.78, 5) is 28.8. The number of anilines is 1. The first kappa shape index (κ1) is 36.1. The van der Waals surface area contributed by atoms with Crippen molar-refractivity contribution in [2.75, 3.05) is 32.2 Å². The lowest BCUT2D eigenvalue weighted by Gasteiger charge is -2.34. The molecular formula is C31H36Cl3N3O7S. The van der Waals surface area contributed by atoms with Gasteiger partial charge in [-0.05, 0) is 62.7 Å². The minimum atomic E-state index is -4.49. The van der Waals surface area contributed by atoms with E-state index in [9.17, 15) is 18.0 Å². The van der Waals surface area contributed by atoms with Gasteiger partial charge in [-0.1, -0.05) is 47.8 Å². The first-order chi connectivity index (χ1) is 21.3. The van der Waals surface area contributed by atoms with Crippen molar-refractivity contribution in [2.24, 2.45) is 0 Å². The quantitative estimate of drug-likeness (QED) is 0.213. The van der Waals surface area contributed by atoms with Gasteiger partial charge in [-0.25, -0.2) is 8.42 Å². The van der Waals surface area contributed by atoms with E-state index in [0.29, 0.717) is 11.3 Å². The Kier molecular flexibility index (Phi) is 12.6. The lowest BCUT2D eigenvalue weighted by molar-refractivity contribution is -0.140. The van der Waals surface area contributed by atoms with Gasteiger partial charge in [0.1, 0.15) is 18.3 Å². The molecule has 0 heterocycles. The van der Waals surface area contributed by atoms with Crippen LogP contribution >= 0.6 is 34.8 Å². The molecule has 14 heteroatoms. The van der Waals surface area contributed by atoms with Crippen molar-refractivity contribution in [1.29, 1.82) is 0 Å². The molecule has 2 amide bonds. The summed E-state index contributed by atoms with van der Waals surface area (Å²) in [6, 6.07) is 12.1. The summed E-state index contributed by atoms with van der Waals surface area (Å²) in [5.41, 5.74) is 0.406. The van der Waals surface area contributed by atoms with Gasteiger partial charge in [-0.2, -0.15) is 0 Å². The maximum Gasteiger partial charge on any atom is 0.265 e. The van der Waals surface area contributed by atoms with E-state index in [2.05, 4.69) is 5.32 Å². The number of rotatable bonds is 14. The fraction of sp³-hybridized carbons (Fsp3) is 0.355. The highest BCUT2D eigenvalue weighted by molar-refractivity contribution is 7.92. The van der Waals surface area contributed by atoms with Crippen LogP contribution < -0.4 is 23.8 Å². The minimum absolute atomic E-state index is 0.00328. The van der Waals surface area contributed by atoms with Gasteiger partial charge in [0.2, 0.25) is 11.8 Å². The normalized spacial score (nSPS) is 12.0. The minimum Gasteiger partial charge on any atom is -0.495 e. The number of halogens is 3. The van der Waals surface area contributed by atoms with Crippen molar-refractivity contribution in [3.63, 3.8) is 0 Å². The van der Waals surface area contributed by atoms with Gasteiger partial charge in [-0.15, -0.1) is 0 Å².